The molecule has 6 heteroatoms. The van der Waals surface area contributed by atoms with Gasteiger partial charge in [0, 0.05) is 16.0 Å². The fourth-order valence-electron chi connectivity index (χ4n) is 2.06. The Balaban J connectivity index is 1.82. The van der Waals surface area contributed by atoms with Crippen LogP contribution in [0.4, 0.5) is 5.69 Å². The van der Waals surface area contributed by atoms with Crippen molar-refractivity contribution < 1.29 is 9.53 Å². The van der Waals surface area contributed by atoms with Gasteiger partial charge in [-0.05, 0) is 18.2 Å². The molecule has 0 aliphatic rings. The summed E-state index contributed by atoms with van der Waals surface area (Å²) >= 11 is 7.39. The molecule has 0 bridgehead atoms. The zero-order chi connectivity index (χ0) is 16.2. The molecule has 0 aliphatic heterocycles. The molecule has 3 aromatic rings. The van der Waals surface area contributed by atoms with Gasteiger partial charge in [0.25, 0.3) is 5.91 Å². The van der Waals surface area contributed by atoms with Gasteiger partial charge in [0.15, 0.2) is 0 Å². The molecule has 4 nitrogen and oxygen atoms in total. The number of carbonyl (C=O) groups excluding carboxylic acids is 1. The van der Waals surface area contributed by atoms with E-state index in [1.54, 1.807) is 23.6 Å². The number of amides is 1. The molecular weight excluding hydrogens is 332 g/mol. The third kappa shape index (κ3) is 3.52. The number of benzene rings is 2. The second-order valence-corrected chi connectivity index (χ2v) is 6.00. The second-order valence-electron chi connectivity index (χ2n) is 4.70. The van der Waals surface area contributed by atoms with Crippen LogP contribution >= 0.6 is 22.9 Å². The van der Waals surface area contributed by atoms with Gasteiger partial charge in [0.2, 0.25) is 0 Å². The van der Waals surface area contributed by atoms with Crippen molar-refractivity contribution in [2.24, 2.45) is 0 Å². The molecule has 0 aliphatic carbocycles. The first-order chi connectivity index (χ1) is 11.2. The molecule has 0 saturated carbocycles. The van der Waals surface area contributed by atoms with Crippen LogP contribution < -0.4 is 10.1 Å². The second kappa shape index (κ2) is 6.81. The first-order valence-corrected chi connectivity index (χ1v) is 8.09. The summed E-state index contributed by atoms with van der Waals surface area (Å²) in [4.78, 5) is 16.8. The molecule has 2 aromatic carbocycles. The van der Waals surface area contributed by atoms with E-state index in [1.165, 1.54) is 18.4 Å². The van der Waals surface area contributed by atoms with Gasteiger partial charge in [-0.3, -0.25) is 4.79 Å². The van der Waals surface area contributed by atoms with Crippen LogP contribution in [0.25, 0.3) is 10.6 Å². The lowest BCUT2D eigenvalue weighted by atomic mass is 10.2. The first kappa shape index (κ1) is 15.5. The van der Waals surface area contributed by atoms with Crippen molar-refractivity contribution in [3.05, 3.63) is 64.6 Å². The van der Waals surface area contributed by atoms with Gasteiger partial charge >= 0.3 is 0 Å². The predicted octanol–water partition coefficient (Wildman–Crippen LogP) is 4.72. The van der Waals surface area contributed by atoms with E-state index in [2.05, 4.69) is 10.3 Å². The number of thiazole rings is 1. The topological polar surface area (TPSA) is 51.2 Å². The maximum absolute atomic E-state index is 12.4. The average molecular weight is 345 g/mol. The van der Waals surface area contributed by atoms with Crippen molar-refractivity contribution in [2.45, 2.75) is 0 Å². The largest absolute Gasteiger partial charge is 0.495 e. The van der Waals surface area contributed by atoms with Gasteiger partial charge in [-0.25, -0.2) is 4.98 Å². The highest BCUT2D eigenvalue weighted by Crippen LogP contribution is 2.29. The monoisotopic (exact) mass is 344 g/mol. The zero-order valence-electron chi connectivity index (χ0n) is 12.2. The van der Waals surface area contributed by atoms with Gasteiger partial charge in [0.1, 0.15) is 16.5 Å². The number of anilines is 1. The Labute approximate surface area is 142 Å². The van der Waals surface area contributed by atoms with E-state index in [4.69, 9.17) is 16.3 Å². The molecule has 23 heavy (non-hydrogen) atoms. The third-order valence-electron chi connectivity index (χ3n) is 3.17. The van der Waals surface area contributed by atoms with Crippen molar-refractivity contribution >= 4 is 34.5 Å². The van der Waals surface area contributed by atoms with E-state index < -0.39 is 0 Å². The van der Waals surface area contributed by atoms with Crippen molar-refractivity contribution in [3.8, 4) is 16.3 Å². The number of hydrogen-bond donors (Lipinski definition) is 1. The summed E-state index contributed by atoms with van der Waals surface area (Å²) in [7, 11) is 1.54. The Morgan fingerprint density at radius 2 is 2.00 bits per heavy atom. The molecule has 1 heterocycles. The van der Waals surface area contributed by atoms with Crippen LogP contribution in [0.5, 0.6) is 5.75 Å². The highest BCUT2D eigenvalue weighted by molar-refractivity contribution is 7.13. The lowest BCUT2D eigenvalue weighted by Crippen LogP contribution is -2.13. The first-order valence-electron chi connectivity index (χ1n) is 6.83. The number of rotatable bonds is 4. The van der Waals surface area contributed by atoms with Gasteiger partial charge in [-0.2, -0.15) is 0 Å². The predicted molar refractivity (Wildman–Crippen MR) is 93.5 cm³/mol. The number of halogens is 1. The number of nitrogens with zero attached hydrogens (tertiary/aromatic N) is 1. The van der Waals surface area contributed by atoms with E-state index in [9.17, 15) is 4.79 Å². The average Bonchev–Trinajstić information content (AvgIpc) is 3.06. The molecule has 0 radical (unpaired) electrons. The summed E-state index contributed by atoms with van der Waals surface area (Å²) in [6, 6.07) is 14.8. The molecule has 3 rings (SSSR count). The van der Waals surface area contributed by atoms with Crippen LogP contribution in [0.3, 0.4) is 0 Å². The lowest BCUT2D eigenvalue weighted by Gasteiger charge is -2.09. The number of aromatic nitrogens is 1. The van der Waals surface area contributed by atoms with Gasteiger partial charge in [-0.15, -0.1) is 11.3 Å². The van der Waals surface area contributed by atoms with Crippen LogP contribution in [-0.2, 0) is 0 Å². The number of nitrogens with one attached hydrogen (secondary N) is 1. The summed E-state index contributed by atoms with van der Waals surface area (Å²) in [5, 5.41) is 5.83. The molecule has 116 valence electrons. The smallest absolute Gasteiger partial charge is 0.275 e. The molecule has 0 saturated heterocycles. The Morgan fingerprint density at radius 3 is 2.74 bits per heavy atom. The molecular formula is C17H13ClN2O2S. The SMILES string of the molecule is COc1ccc(Cl)cc1NC(=O)c1csc(-c2ccccc2)n1. The summed E-state index contributed by atoms with van der Waals surface area (Å²) < 4.78 is 5.22. The third-order valence-corrected chi connectivity index (χ3v) is 4.29. The maximum atomic E-state index is 12.4. The van der Waals surface area contributed by atoms with E-state index in [0.717, 1.165) is 10.6 Å². The minimum absolute atomic E-state index is 0.302. The molecule has 1 N–H and O–H groups in total. The van der Waals surface area contributed by atoms with Crippen LogP contribution in [0.2, 0.25) is 5.02 Å². The lowest BCUT2D eigenvalue weighted by molar-refractivity contribution is 0.102. The minimum atomic E-state index is -0.302. The van der Waals surface area contributed by atoms with Crippen LogP contribution in [0.15, 0.2) is 53.9 Å². The van der Waals surface area contributed by atoms with Crippen molar-refractivity contribution in [2.75, 3.05) is 12.4 Å². The van der Waals surface area contributed by atoms with Gasteiger partial charge in [0.05, 0.1) is 12.8 Å². The van der Waals surface area contributed by atoms with E-state index in [-0.39, 0.29) is 5.91 Å². The quantitative estimate of drug-likeness (QED) is 0.744. The zero-order valence-corrected chi connectivity index (χ0v) is 13.8. The molecule has 0 fully saturated rings. The van der Waals surface area contributed by atoms with Crippen LogP contribution in [0.1, 0.15) is 10.5 Å². The summed E-state index contributed by atoms with van der Waals surface area (Å²) in [6.07, 6.45) is 0. The van der Waals surface area contributed by atoms with Gasteiger partial charge < -0.3 is 10.1 Å². The van der Waals surface area contributed by atoms with E-state index in [0.29, 0.717) is 22.2 Å². The number of methoxy groups -OCH3 is 1. The minimum Gasteiger partial charge on any atom is -0.495 e. The van der Waals surface area contributed by atoms with Crippen molar-refractivity contribution in [1.82, 2.24) is 4.98 Å². The number of ether oxygens (including phenoxy) is 1. The maximum Gasteiger partial charge on any atom is 0.275 e. The molecule has 1 amide bonds. The molecule has 0 unspecified atom stereocenters. The van der Waals surface area contributed by atoms with Crippen molar-refractivity contribution in [1.29, 1.82) is 0 Å². The molecule has 1 aromatic heterocycles. The highest BCUT2D eigenvalue weighted by atomic mass is 35.5. The molecule has 0 atom stereocenters. The van der Waals surface area contributed by atoms with Gasteiger partial charge in [-0.1, -0.05) is 41.9 Å². The Bertz CT molecular complexity index is 834. The fourth-order valence-corrected chi connectivity index (χ4v) is 3.03. The summed E-state index contributed by atoms with van der Waals surface area (Å²) in [5.41, 5.74) is 1.85. The summed E-state index contributed by atoms with van der Waals surface area (Å²) in [6.45, 7) is 0. The van der Waals surface area contributed by atoms with Crippen LogP contribution in [0, 0.1) is 0 Å². The standard InChI is InChI=1S/C17H13ClN2O2S/c1-22-15-8-7-12(18)9-13(15)19-16(21)14-10-23-17(20-14)11-5-3-2-4-6-11/h2-10H,1H3,(H,19,21). The fraction of sp³-hybridized carbons (Fsp3) is 0.0588. The van der Waals surface area contributed by atoms with Crippen LogP contribution in [-0.4, -0.2) is 18.0 Å². The van der Waals surface area contributed by atoms with E-state index >= 15 is 0 Å². The highest BCUT2D eigenvalue weighted by Gasteiger charge is 2.14. The Hall–Kier alpha value is -2.37. The Morgan fingerprint density at radius 1 is 1.22 bits per heavy atom. The van der Waals surface area contributed by atoms with E-state index in [1.807, 2.05) is 30.3 Å². The van der Waals surface area contributed by atoms with Crippen molar-refractivity contribution in [3.63, 3.8) is 0 Å². The number of hydrogen-bond acceptors (Lipinski definition) is 4. The normalized spacial score (nSPS) is 10.3. The number of carbonyl (C=O) groups is 1. The summed E-state index contributed by atoms with van der Waals surface area (Å²) in [5.74, 6) is 0.241. The molecule has 0 spiro atoms. The Kier molecular flexibility index (Phi) is 4.60.